The van der Waals surface area contributed by atoms with Crippen molar-refractivity contribution in [3.8, 4) is 0 Å². The SMILES string of the molecule is CC(C)(N)C(=O)NC1(C(=O)O)CCCCCC1. The molecule has 98 valence electrons. The number of rotatable bonds is 3. The largest absolute Gasteiger partial charge is 0.480 e. The number of carbonyl (C=O) groups excluding carboxylic acids is 1. The van der Waals surface area contributed by atoms with Crippen LogP contribution >= 0.6 is 0 Å². The van der Waals surface area contributed by atoms with Gasteiger partial charge in [0.2, 0.25) is 5.91 Å². The van der Waals surface area contributed by atoms with Gasteiger partial charge in [0.15, 0.2) is 0 Å². The standard InChI is InChI=1S/C12H22N2O3/c1-11(2,13)9(15)14-12(10(16)17)7-5-3-4-6-8-12/h3-8,13H2,1-2H3,(H,14,15)(H,16,17). The van der Waals surface area contributed by atoms with Crippen LogP contribution in [0, 0.1) is 0 Å². The van der Waals surface area contributed by atoms with Crippen LogP contribution in [0.15, 0.2) is 0 Å². The Balaban J connectivity index is 2.85. The lowest BCUT2D eigenvalue weighted by Crippen LogP contribution is -2.61. The van der Waals surface area contributed by atoms with Gasteiger partial charge in [-0.25, -0.2) is 4.79 Å². The summed E-state index contributed by atoms with van der Waals surface area (Å²) in [6.45, 7) is 3.16. The maximum absolute atomic E-state index is 11.9. The Morgan fingerprint density at radius 2 is 1.65 bits per heavy atom. The van der Waals surface area contributed by atoms with Gasteiger partial charge in [-0.05, 0) is 26.7 Å². The van der Waals surface area contributed by atoms with Crippen molar-refractivity contribution in [1.82, 2.24) is 5.32 Å². The first-order chi connectivity index (χ1) is 7.78. The van der Waals surface area contributed by atoms with Crippen LogP contribution in [0.4, 0.5) is 0 Å². The zero-order chi connectivity index (χ0) is 13.1. The summed E-state index contributed by atoms with van der Waals surface area (Å²) in [6.07, 6.45) is 4.69. The second-order valence-corrected chi connectivity index (χ2v) is 5.48. The molecule has 0 aliphatic heterocycles. The molecule has 1 aliphatic carbocycles. The molecule has 1 saturated carbocycles. The van der Waals surface area contributed by atoms with Gasteiger partial charge in [-0.15, -0.1) is 0 Å². The van der Waals surface area contributed by atoms with Crippen molar-refractivity contribution in [2.45, 2.75) is 63.5 Å². The fourth-order valence-corrected chi connectivity index (χ4v) is 2.10. The number of hydrogen-bond donors (Lipinski definition) is 3. The van der Waals surface area contributed by atoms with E-state index in [4.69, 9.17) is 5.73 Å². The predicted octanol–water partition coefficient (Wildman–Crippen LogP) is 1.02. The van der Waals surface area contributed by atoms with Gasteiger partial charge < -0.3 is 16.2 Å². The number of carboxylic acid groups (broad SMARTS) is 1. The van der Waals surface area contributed by atoms with Gasteiger partial charge >= 0.3 is 5.97 Å². The summed E-state index contributed by atoms with van der Waals surface area (Å²) in [4.78, 5) is 23.3. The molecule has 1 aliphatic rings. The first kappa shape index (κ1) is 14.0. The topological polar surface area (TPSA) is 92.4 Å². The summed E-state index contributed by atoms with van der Waals surface area (Å²) in [5.41, 5.74) is 3.52. The van der Waals surface area contributed by atoms with Gasteiger partial charge in [0.1, 0.15) is 5.54 Å². The van der Waals surface area contributed by atoms with Crippen molar-refractivity contribution in [3.63, 3.8) is 0 Å². The minimum Gasteiger partial charge on any atom is -0.480 e. The number of nitrogens with one attached hydrogen (secondary N) is 1. The van der Waals surface area contributed by atoms with E-state index in [0.29, 0.717) is 12.8 Å². The number of nitrogens with two attached hydrogens (primary N) is 1. The number of aliphatic carboxylic acids is 1. The third-order valence-corrected chi connectivity index (χ3v) is 3.30. The molecule has 0 heterocycles. The quantitative estimate of drug-likeness (QED) is 0.644. The number of amides is 1. The molecule has 0 saturated heterocycles. The third kappa shape index (κ3) is 3.43. The summed E-state index contributed by atoms with van der Waals surface area (Å²) in [5.74, 6) is -1.35. The van der Waals surface area contributed by atoms with Crippen LogP contribution in [0.1, 0.15) is 52.4 Å². The second kappa shape index (κ2) is 5.04. The van der Waals surface area contributed by atoms with Gasteiger partial charge in [-0.1, -0.05) is 25.7 Å². The molecule has 5 nitrogen and oxygen atoms in total. The minimum absolute atomic E-state index is 0.401. The van der Waals surface area contributed by atoms with E-state index in [0.717, 1.165) is 25.7 Å². The lowest BCUT2D eigenvalue weighted by atomic mass is 9.89. The highest BCUT2D eigenvalue weighted by atomic mass is 16.4. The molecule has 0 atom stereocenters. The van der Waals surface area contributed by atoms with E-state index in [2.05, 4.69) is 5.32 Å². The summed E-state index contributed by atoms with van der Waals surface area (Å²) >= 11 is 0. The maximum atomic E-state index is 11.9. The maximum Gasteiger partial charge on any atom is 0.329 e. The summed E-state index contributed by atoms with van der Waals surface area (Å²) in [6, 6.07) is 0. The second-order valence-electron chi connectivity index (χ2n) is 5.48. The van der Waals surface area contributed by atoms with Gasteiger partial charge in [0, 0.05) is 0 Å². The minimum atomic E-state index is -1.12. The van der Waals surface area contributed by atoms with Crippen LogP contribution < -0.4 is 11.1 Å². The highest BCUT2D eigenvalue weighted by Gasteiger charge is 2.42. The molecule has 1 fully saturated rings. The molecule has 0 radical (unpaired) electrons. The van der Waals surface area contributed by atoms with E-state index < -0.39 is 23.0 Å². The van der Waals surface area contributed by atoms with Gasteiger partial charge in [0.25, 0.3) is 0 Å². The molecule has 0 unspecified atom stereocenters. The molecule has 5 heteroatoms. The fourth-order valence-electron chi connectivity index (χ4n) is 2.10. The molecule has 0 spiro atoms. The molecular weight excluding hydrogens is 220 g/mol. The molecule has 0 aromatic carbocycles. The summed E-state index contributed by atoms with van der Waals surface area (Å²) in [5, 5.41) is 12.0. The van der Waals surface area contributed by atoms with Crippen LogP contribution in [0.25, 0.3) is 0 Å². The van der Waals surface area contributed by atoms with Gasteiger partial charge in [-0.2, -0.15) is 0 Å². The van der Waals surface area contributed by atoms with E-state index >= 15 is 0 Å². The molecule has 1 rings (SSSR count). The molecule has 0 aromatic heterocycles. The average molecular weight is 242 g/mol. The zero-order valence-corrected chi connectivity index (χ0v) is 10.6. The van der Waals surface area contributed by atoms with E-state index in [1.54, 1.807) is 13.8 Å². The van der Waals surface area contributed by atoms with Crippen LogP contribution in [0.3, 0.4) is 0 Å². The van der Waals surface area contributed by atoms with E-state index in [9.17, 15) is 14.7 Å². The van der Waals surface area contributed by atoms with Gasteiger partial charge in [0.05, 0.1) is 5.54 Å². The Morgan fingerprint density at radius 1 is 1.18 bits per heavy atom. The molecule has 0 bridgehead atoms. The normalized spacial score (nSPS) is 20.4. The molecule has 4 N–H and O–H groups in total. The van der Waals surface area contributed by atoms with Crippen molar-refractivity contribution in [1.29, 1.82) is 0 Å². The summed E-state index contributed by atoms with van der Waals surface area (Å²) in [7, 11) is 0. The average Bonchev–Trinajstić information content (AvgIpc) is 2.42. The predicted molar refractivity (Wildman–Crippen MR) is 64.5 cm³/mol. The zero-order valence-electron chi connectivity index (χ0n) is 10.6. The van der Waals surface area contributed by atoms with Crippen molar-refractivity contribution in [2.75, 3.05) is 0 Å². The highest BCUT2D eigenvalue weighted by molar-refractivity contribution is 5.91. The van der Waals surface area contributed by atoms with Crippen LogP contribution in [-0.2, 0) is 9.59 Å². The Labute approximate surface area is 102 Å². The van der Waals surface area contributed by atoms with Crippen LogP contribution in [0.2, 0.25) is 0 Å². The first-order valence-electron chi connectivity index (χ1n) is 6.13. The monoisotopic (exact) mass is 242 g/mol. The number of hydrogen-bond acceptors (Lipinski definition) is 3. The Bertz CT molecular complexity index is 299. The lowest BCUT2D eigenvalue weighted by molar-refractivity contribution is -0.149. The molecular formula is C12H22N2O3. The van der Waals surface area contributed by atoms with Crippen molar-refractivity contribution in [3.05, 3.63) is 0 Å². The number of carbonyl (C=O) groups is 2. The lowest BCUT2D eigenvalue weighted by Gasteiger charge is -2.32. The van der Waals surface area contributed by atoms with E-state index in [1.807, 2.05) is 0 Å². The first-order valence-corrected chi connectivity index (χ1v) is 6.13. The Kier molecular flexibility index (Phi) is 4.14. The van der Waals surface area contributed by atoms with E-state index in [-0.39, 0.29) is 0 Å². The Morgan fingerprint density at radius 3 is 2.00 bits per heavy atom. The molecule has 0 aromatic rings. The highest BCUT2D eigenvalue weighted by Crippen LogP contribution is 2.27. The molecule has 17 heavy (non-hydrogen) atoms. The molecule has 1 amide bonds. The van der Waals surface area contributed by atoms with Crippen LogP contribution in [-0.4, -0.2) is 28.1 Å². The van der Waals surface area contributed by atoms with Crippen molar-refractivity contribution in [2.24, 2.45) is 5.73 Å². The van der Waals surface area contributed by atoms with Crippen molar-refractivity contribution >= 4 is 11.9 Å². The van der Waals surface area contributed by atoms with Gasteiger partial charge in [-0.3, -0.25) is 4.79 Å². The number of carboxylic acids is 1. The Hall–Kier alpha value is -1.10. The van der Waals surface area contributed by atoms with Crippen LogP contribution in [0.5, 0.6) is 0 Å². The third-order valence-electron chi connectivity index (χ3n) is 3.30. The smallest absolute Gasteiger partial charge is 0.329 e. The summed E-state index contributed by atoms with van der Waals surface area (Å²) < 4.78 is 0. The van der Waals surface area contributed by atoms with E-state index in [1.165, 1.54) is 0 Å². The fraction of sp³-hybridized carbons (Fsp3) is 0.833. The van der Waals surface area contributed by atoms with Crippen molar-refractivity contribution < 1.29 is 14.7 Å².